The standard InChI is InChI=1S/C28H30N8/c1-19-3-2-4-24(32-19)28-31-14-12-26(35-28)33-25-11-13-30-27(34-25)15-20-5-7-21(8-6-20)18-36-22-9-10-23(36)17-29-16-22/h2-8,11-14,22-23,29H,9-10,15-18H2,1H3,(H,30,31,33,34,35). The smallest absolute Gasteiger partial charge is 0.180 e. The van der Waals surface area contributed by atoms with Gasteiger partial charge in [-0.05, 0) is 55.2 Å². The van der Waals surface area contributed by atoms with Gasteiger partial charge in [-0.25, -0.2) is 24.9 Å². The molecule has 2 unspecified atom stereocenters. The molecule has 2 N–H and O–H groups in total. The van der Waals surface area contributed by atoms with E-state index in [1.165, 1.54) is 24.0 Å². The molecule has 2 aliphatic rings. The van der Waals surface area contributed by atoms with Crippen LogP contribution in [0.4, 0.5) is 11.6 Å². The number of piperazine rings is 1. The van der Waals surface area contributed by atoms with Crippen molar-refractivity contribution in [3.05, 3.63) is 89.6 Å². The molecule has 36 heavy (non-hydrogen) atoms. The van der Waals surface area contributed by atoms with Gasteiger partial charge < -0.3 is 10.6 Å². The minimum atomic E-state index is 0.576. The first-order valence-corrected chi connectivity index (χ1v) is 12.6. The van der Waals surface area contributed by atoms with Crippen LogP contribution in [0.3, 0.4) is 0 Å². The third-order valence-corrected chi connectivity index (χ3v) is 7.02. The van der Waals surface area contributed by atoms with Crippen LogP contribution < -0.4 is 10.6 Å². The van der Waals surface area contributed by atoms with Crippen molar-refractivity contribution in [2.24, 2.45) is 0 Å². The van der Waals surface area contributed by atoms with Gasteiger partial charge in [-0.15, -0.1) is 0 Å². The first kappa shape index (κ1) is 22.7. The molecule has 182 valence electrons. The lowest BCUT2D eigenvalue weighted by atomic mass is 10.1. The molecule has 0 spiro atoms. The van der Waals surface area contributed by atoms with Crippen LogP contribution in [0.5, 0.6) is 0 Å². The highest BCUT2D eigenvalue weighted by Gasteiger charge is 2.35. The highest BCUT2D eigenvalue weighted by Crippen LogP contribution is 2.28. The second-order valence-corrected chi connectivity index (χ2v) is 9.62. The molecule has 5 heterocycles. The first-order valence-electron chi connectivity index (χ1n) is 12.6. The van der Waals surface area contributed by atoms with E-state index in [9.17, 15) is 0 Å². The van der Waals surface area contributed by atoms with E-state index in [0.717, 1.165) is 36.8 Å². The molecule has 4 aromatic rings. The van der Waals surface area contributed by atoms with Gasteiger partial charge in [-0.2, -0.15) is 0 Å². The van der Waals surface area contributed by atoms with Gasteiger partial charge in [0.1, 0.15) is 23.2 Å². The number of fused-ring (bicyclic) bond motifs is 2. The summed E-state index contributed by atoms with van der Waals surface area (Å²) in [7, 11) is 0. The van der Waals surface area contributed by atoms with E-state index in [1.807, 2.05) is 37.3 Å². The highest BCUT2D eigenvalue weighted by molar-refractivity contribution is 5.56. The summed E-state index contributed by atoms with van der Waals surface area (Å²) in [5.41, 5.74) is 4.25. The number of aryl methyl sites for hydroxylation is 1. The average Bonchev–Trinajstić information content (AvgIpc) is 3.10. The van der Waals surface area contributed by atoms with Crippen LogP contribution >= 0.6 is 0 Å². The van der Waals surface area contributed by atoms with Crippen LogP contribution in [0.25, 0.3) is 11.5 Å². The van der Waals surface area contributed by atoms with Gasteiger partial charge in [0.05, 0.1) is 0 Å². The summed E-state index contributed by atoms with van der Waals surface area (Å²) in [6, 6.07) is 19.8. The topological polar surface area (TPSA) is 91.8 Å². The quantitative estimate of drug-likeness (QED) is 0.413. The number of pyridine rings is 1. The molecule has 2 atom stereocenters. The summed E-state index contributed by atoms with van der Waals surface area (Å²) < 4.78 is 0. The number of benzene rings is 1. The molecule has 2 aliphatic heterocycles. The van der Waals surface area contributed by atoms with E-state index >= 15 is 0 Å². The molecule has 2 saturated heterocycles. The molecule has 2 fully saturated rings. The minimum Gasteiger partial charge on any atom is -0.325 e. The fraction of sp³-hybridized carbons (Fsp3) is 0.321. The lowest BCUT2D eigenvalue weighted by Crippen LogP contribution is -2.51. The molecule has 0 radical (unpaired) electrons. The molecule has 0 amide bonds. The maximum absolute atomic E-state index is 4.71. The van der Waals surface area contributed by atoms with Crippen LogP contribution in [-0.4, -0.2) is 55.0 Å². The number of aromatic nitrogens is 5. The van der Waals surface area contributed by atoms with Crippen molar-refractivity contribution < 1.29 is 0 Å². The zero-order valence-corrected chi connectivity index (χ0v) is 20.4. The van der Waals surface area contributed by atoms with Crippen molar-refractivity contribution in [3.8, 4) is 11.5 Å². The van der Waals surface area contributed by atoms with Gasteiger partial charge in [-0.3, -0.25) is 4.90 Å². The number of hydrogen-bond donors (Lipinski definition) is 2. The van der Waals surface area contributed by atoms with Crippen LogP contribution in [0, 0.1) is 6.92 Å². The van der Waals surface area contributed by atoms with E-state index in [1.54, 1.807) is 12.4 Å². The summed E-state index contributed by atoms with van der Waals surface area (Å²) in [5, 5.41) is 6.84. The van der Waals surface area contributed by atoms with Crippen molar-refractivity contribution in [3.63, 3.8) is 0 Å². The zero-order valence-electron chi connectivity index (χ0n) is 20.4. The lowest BCUT2D eigenvalue weighted by Gasteiger charge is -2.35. The summed E-state index contributed by atoms with van der Waals surface area (Å²) in [6.07, 6.45) is 6.82. The zero-order chi connectivity index (χ0) is 24.3. The Morgan fingerprint density at radius 1 is 0.833 bits per heavy atom. The molecule has 2 bridgehead atoms. The largest absolute Gasteiger partial charge is 0.325 e. The van der Waals surface area contributed by atoms with Gasteiger partial charge in [0.25, 0.3) is 0 Å². The summed E-state index contributed by atoms with van der Waals surface area (Å²) in [5.74, 6) is 2.71. The van der Waals surface area contributed by atoms with E-state index in [4.69, 9.17) is 4.98 Å². The maximum Gasteiger partial charge on any atom is 0.180 e. The number of nitrogens with zero attached hydrogens (tertiary/aromatic N) is 6. The molecule has 3 aromatic heterocycles. The number of anilines is 2. The summed E-state index contributed by atoms with van der Waals surface area (Å²) >= 11 is 0. The Balaban J connectivity index is 1.11. The van der Waals surface area contributed by atoms with E-state index in [0.29, 0.717) is 36.0 Å². The molecule has 8 heteroatoms. The van der Waals surface area contributed by atoms with Gasteiger partial charge in [0.2, 0.25) is 0 Å². The second-order valence-electron chi connectivity index (χ2n) is 9.62. The third-order valence-electron chi connectivity index (χ3n) is 7.02. The Morgan fingerprint density at radius 2 is 1.56 bits per heavy atom. The van der Waals surface area contributed by atoms with Crippen molar-refractivity contribution in [2.45, 2.75) is 44.8 Å². The van der Waals surface area contributed by atoms with Gasteiger partial charge in [-0.1, -0.05) is 30.3 Å². The van der Waals surface area contributed by atoms with Crippen molar-refractivity contribution in [2.75, 3.05) is 18.4 Å². The Hall–Kier alpha value is -3.75. The second kappa shape index (κ2) is 10.1. The average molecular weight is 479 g/mol. The predicted molar refractivity (Wildman–Crippen MR) is 140 cm³/mol. The number of rotatable bonds is 7. The monoisotopic (exact) mass is 478 g/mol. The lowest BCUT2D eigenvalue weighted by molar-refractivity contribution is 0.145. The summed E-state index contributed by atoms with van der Waals surface area (Å²) in [6.45, 7) is 5.23. The minimum absolute atomic E-state index is 0.576. The van der Waals surface area contributed by atoms with Crippen LogP contribution in [-0.2, 0) is 13.0 Å². The van der Waals surface area contributed by atoms with Crippen LogP contribution in [0.2, 0.25) is 0 Å². The number of hydrogen-bond acceptors (Lipinski definition) is 8. The predicted octanol–water partition coefficient (Wildman–Crippen LogP) is 3.91. The van der Waals surface area contributed by atoms with Crippen LogP contribution in [0.1, 0.15) is 35.5 Å². The van der Waals surface area contributed by atoms with Crippen molar-refractivity contribution >= 4 is 11.6 Å². The Labute approximate surface area is 211 Å². The Bertz CT molecular complexity index is 1320. The third kappa shape index (κ3) is 5.10. The van der Waals surface area contributed by atoms with Crippen molar-refractivity contribution in [1.82, 2.24) is 35.1 Å². The van der Waals surface area contributed by atoms with E-state index < -0.39 is 0 Å². The fourth-order valence-electron chi connectivity index (χ4n) is 5.19. The normalized spacial score (nSPS) is 19.4. The van der Waals surface area contributed by atoms with Crippen LogP contribution in [0.15, 0.2) is 67.0 Å². The Morgan fingerprint density at radius 3 is 2.33 bits per heavy atom. The molecular formula is C28H30N8. The van der Waals surface area contributed by atoms with E-state index in [2.05, 4.69) is 59.7 Å². The van der Waals surface area contributed by atoms with Crippen molar-refractivity contribution in [1.29, 1.82) is 0 Å². The molecule has 6 rings (SSSR count). The summed E-state index contributed by atoms with van der Waals surface area (Å²) in [4.78, 5) is 25.4. The molecular weight excluding hydrogens is 448 g/mol. The van der Waals surface area contributed by atoms with Gasteiger partial charge in [0.15, 0.2) is 5.82 Å². The highest BCUT2D eigenvalue weighted by atomic mass is 15.3. The van der Waals surface area contributed by atoms with E-state index in [-0.39, 0.29) is 0 Å². The van der Waals surface area contributed by atoms with Gasteiger partial charge in [0, 0.05) is 56.2 Å². The maximum atomic E-state index is 4.71. The Kier molecular flexibility index (Phi) is 6.36. The molecule has 1 aromatic carbocycles. The fourth-order valence-corrected chi connectivity index (χ4v) is 5.19. The molecule has 8 nitrogen and oxygen atoms in total. The first-order chi connectivity index (χ1) is 17.7. The van der Waals surface area contributed by atoms with Gasteiger partial charge >= 0.3 is 0 Å². The molecule has 0 aliphatic carbocycles. The molecule has 0 saturated carbocycles. The number of nitrogens with one attached hydrogen (secondary N) is 2. The SMILES string of the molecule is Cc1cccc(-c2nccc(Nc3ccnc(Cc4ccc(CN5C6CCC5CNC6)cc4)n3)n2)n1.